The van der Waals surface area contributed by atoms with Crippen LogP contribution in [0.2, 0.25) is 0 Å². The van der Waals surface area contributed by atoms with Gasteiger partial charge in [0.1, 0.15) is 12.2 Å². The van der Waals surface area contributed by atoms with E-state index < -0.39 is 65.2 Å². The van der Waals surface area contributed by atoms with E-state index in [9.17, 15) is 37.0 Å². The van der Waals surface area contributed by atoms with Crippen molar-refractivity contribution in [2.75, 3.05) is 0 Å². The van der Waals surface area contributed by atoms with Gasteiger partial charge in [-0.05, 0) is 12.3 Å². The zero-order valence-electron chi connectivity index (χ0n) is 12.7. The number of halogens is 5. The maximum absolute atomic E-state index is 14.3. The Bertz CT molecular complexity index is 897. The molecule has 26 heavy (non-hydrogen) atoms. The lowest BCUT2D eigenvalue weighted by Gasteiger charge is -2.15. The van der Waals surface area contributed by atoms with E-state index in [1.165, 1.54) is 0 Å². The SMILES string of the molecule is O=C(Cn1nc(C(F)(F)F)c2c1C(F)(F)[C@@H]1C[C@H]21)On1c(O)ccc1O. The van der Waals surface area contributed by atoms with Crippen LogP contribution in [-0.2, 0) is 23.4 Å². The number of carbonyl (C=O) groups excluding carboxylic acids is 1. The van der Waals surface area contributed by atoms with Crippen molar-refractivity contribution in [3.8, 4) is 11.8 Å². The fraction of sp³-hybridized carbons (Fsp3) is 0.429. The molecule has 2 atom stereocenters. The van der Waals surface area contributed by atoms with Gasteiger partial charge in [0.2, 0.25) is 11.8 Å². The third-order valence-corrected chi connectivity index (χ3v) is 4.47. The molecule has 0 unspecified atom stereocenters. The number of rotatable bonds is 3. The first-order chi connectivity index (χ1) is 12.0. The smallest absolute Gasteiger partial charge is 0.435 e. The van der Waals surface area contributed by atoms with Gasteiger partial charge in [0, 0.05) is 23.6 Å². The molecule has 1 fully saturated rings. The third kappa shape index (κ3) is 2.24. The second kappa shape index (κ2) is 4.89. The molecule has 2 aliphatic carbocycles. The maximum atomic E-state index is 14.3. The van der Waals surface area contributed by atoms with Gasteiger partial charge in [0.25, 0.3) is 5.92 Å². The molecule has 0 aromatic carbocycles. The lowest BCUT2D eigenvalue weighted by atomic mass is 10.1. The van der Waals surface area contributed by atoms with Crippen LogP contribution in [0.3, 0.4) is 0 Å². The molecule has 2 aromatic heterocycles. The van der Waals surface area contributed by atoms with Gasteiger partial charge >= 0.3 is 12.1 Å². The van der Waals surface area contributed by atoms with Crippen molar-refractivity contribution in [1.82, 2.24) is 14.5 Å². The molecule has 2 heterocycles. The van der Waals surface area contributed by atoms with Crippen molar-refractivity contribution in [3.05, 3.63) is 29.1 Å². The number of aromatic nitrogens is 3. The molecule has 0 amide bonds. The van der Waals surface area contributed by atoms with E-state index in [4.69, 9.17) is 0 Å². The molecule has 140 valence electrons. The van der Waals surface area contributed by atoms with E-state index in [0.717, 1.165) is 12.1 Å². The molecule has 0 saturated heterocycles. The first kappa shape index (κ1) is 16.7. The van der Waals surface area contributed by atoms with Crippen LogP contribution in [-0.4, -0.2) is 30.7 Å². The Morgan fingerprint density at radius 2 is 1.92 bits per heavy atom. The number of carbonyl (C=O) groups is 1. The van der Waals surface area contributed by atoms with Crippen LogP contribution >= 0.6 is 0 Å². The normalized spacial score (nSPS) is 22.8. The fourth-order valence-corrected chi connectivity index (χ4v) is 3.34. The Kier molecular flexibility index (Phi) is 3.13. The highest BCUT2D eigenvalue weighted by atomic mass is 19.4. The molecule has 4 rings (SSSR count). The lowest BCUT2D eigenvalue weighted by Crippen LogP contribution is -2.28. The first-order valence-corrected chi connectivity index (χ1v) is 7.39. The van der Waals surface area contributed by atoms with E-state index in [0.29, 0.717) is 4.73 Å². The summed E-state index contributed by atoms with van der Waals surface area (Å²) in [7, 11) is 0. The number of alkyl halides is 5. The summed E-state index contributed by atoms with van der Waals surface area (Å²) in [6.45, 7) is -1.05. The van der Waals surface area contributed by atoms with Crippen molar-refractivity contribution < 1.29 is 41.8 Å². The minimum Gasteiger partial charge on any atom is -0.492 e. The predicted molar refractivity (Wildman–Crippen MR) is 71.3 cm³/mol. The van der Waals surface area contributed by atoms with Gasteiger partial charge in [-0.3, -0.25) is 4.68 Å². The molecular formula is C14H10F5N3O4. The second-order valence-corrected chi connectivity index (χ2v) is 6.15. The summed E-state index contributed by atoms with van der Waals surface area (Å²) in [5.74, 6) is -8.32. The Balaban J connectivity index is 1.68. The van der Waals surface area contributed by atoms with Crippen molar-refractivity contribution in [1.29, 1.82) is 0 Å². The van der Waals surface area contributed by atoms with Crippen molar-refractivity contribution >= 4 is 5.97 Å². The molecule has 12 heteroatoms. The van der Waals surface area contributed by atoms with Crippen LogP contribution in [0.1, 0.15) is 29.3 Å². The van der Waals surface area contributed by atoms with Crippen molar-refractivity contribution in [2.24, 2.45) is 5.92 Å². The topological polar surface area (TPSA) is 89.5 Å². The first-order valence-electron chi connectivity index (χ1n) is 7.39. The summed E-state index contributed by atoms with van der Waals surface area (Å²) in [6, 6.07) is 1.97. The van der Waals surface area contributed by atoms with Crippen LogP contribution < -0.4 is 4.84 Å². The number of nitrogens with zero attached hydrogens (tertiary/aromatic N) is 3. The van der Waals surface area contributed by atoms with Gasteiger partial charge in [-0.1, -0.05) is 0 Å². The van der Waals surface area contributed by atoms with Gasteiger partial charge in [-0.25, -0.2) is 4.79 Å². The Morgan fingerprint density at radius 3 is 2.50 bits per heavy atom. The molecule has 2 aliphatic rings. The molecule has 0 radical (unpaired) electrons. The van der Waals surface area contributed by atoms with Gasteiger partial charge < -0.3 is 15.1 Å². The molecule has 0 bridgehead atoms. The average molecular weight is 379 g/mol. The minimum absolute atomic E-state index is 0.0651. The number of hydrogen-bond donors (Lipinski definition) is 2. The Labute approximate surface area is 141 Å². The standard InChI is InChI=1S/C14H10F5N3O4/c15-13(16)6-3-5(6)10-11(14(17,18)19)20-21(12(10)13)4-9(25)26-22-7(23)1-2-8(22)24/h1-2,5-6,23-24H,3-4H2/t5-,6+/m0/s1. The van der Waals surface area contributed by atoms with E-state index in [1.807, 2.05) is 0 Å². The highest BCUT2D eigenvalue weighted by molar-refractivity contribution is 5.70. The van der Waals surface area contributed by atoms with Crippen molar-refractivity contribution in [3.63, 3.8) is 0 Å². The zero-order valence-corrected chi connectivity index (χ0v) is 12.7. The lowest BCUT2D eigenvalue weighted by molar-refractivity contribution is -0.148. The van der Waals surface area contributed by atoms with Crippen LogP contribution in [0, 0.1) is 5.92 Å². The van der Waals surface area contributed by atoms with Crippen LogP contribution in [0.15, 0.2) is 12.1 Å². The van der Waals surface area contributed by atoms with Crippen molar-refractivity contribution in [2.45, 2.75) is 31.0 Å². The fourth-order valence-electron chi connectivity index (χ4n) is 3.34. The number of fused-ring (bicyclic) bond motifs is 3. The summed E-state index contributed by atoms with van der Waals surface area (Å²) in [6.07, 6.45) is -5.01. The Hall–Kier alpha value is -2.79. The summed E-state index contributed by atoms with van der Waals surface area (Å²) < 4.78 is 68.7. The molecule has 0 aliphatic heterocycles. The van der Waals surface area contributed by atoms with E-state index in [1.54, 1.807) is 0 Å². The highest BCUT2D eigenvalue weighted by Crippen LogP contribution is 2.68. The Morgan fingerprint density at radius 1 is 1.31 bits per heavy atom. The van der Waals surface area contributed by atoms with E-state index in [-0.39, 0.29) is 11.1 Å². The van der Waals surface area contributed by atoms with Crippen LogP contribution in [0.4, 0.5) is 22.0 Å². The molecule has 2 aromatic rings. The summed E-state index contributed by atoms with van der Waals surface area (Å²) in [5.41, 5.74) is -2.95. The summed E-state index contributed by atoms with van der Waals surface area (Å²) in [4.78, 5) is 16.5. The van der Waals surface area contributed by atoms with Gasteiger partial charge in [-0.2, -0.15) is 27.1 Å². The average Bonchev–Trinajstić information content (AvgIpc) is 3.08. The largest absolute Gasteiger partial charge is 0.492 e. The molecule has 2 N–H and O–H groups in total. The predicted octanol–water partition coefficient (Wildman–Crippen LogP) is 1.98. The van der Waals surface area contributed by atoms with E-state index in [2.05, 4.69) is 9.94 Å². The molecule has 0 spiro atoms. The van der Waals surface area contributed by atoms with Gasteiger partial charge in [0.15, 0.2) is 5.69 Å². The summed E-state index contributed by atoms with van der Waals surface area (Å²) >= 11 is 0. The molecule has 1 saturated carbocycles. The van der Waals surface area contributed by atoms with Gasteiger partial charge in [-0.15, -0.1) is 4.73 Å². The molecule has 7 nitrogen and oxygen atoms in total. The maximum Gasteiger partial charge on any atom is 0.435 e. The minimum atomic E-state index is -4.94. The quantitative estimate of drug-likeness (QED) is 0.797. The number of aromatic hydroxyl groups is 2. The monoisotopic (exact) mass is 379 g/mol. The number of hydrogen-bond acceptors (Lipinski definition) is 5. The molecular weight excluding hydrogens is 369 g/mol. The van der Waals surface area contributed by atoms with E-state index >= 15 is 0 Å². The van der Waals surface area contributed by atoms with Crippen LogP contribution in [0.25, 0.3) is 0 Å². The zero-order chi connectivity index (χ0) is 19.0. The highest BCUT2D eigenvalue weighted by Gasteiger charge is 2.68. The second-order valence-electron chi connectivity index (χ2n) is 6.15. The van der Waals surface area contributed by atoms with Gasteiger partial charge in [0.05, 0.1) is 0 Å². The van der Waals surface area contributed by atoms with Crippen LogP contribution in [0.5, 0.6) is 11.8 Å². The summed E-state index contributed by atoms with van der Waals surface area (Å²) in [5, 5.41) is 21.9. The third-order valence-electron chi connectivity index (χ3n) is 4.47.